The van der Waals surface area contributed by atoms with Gasteiger partial charge in [0.05, 0.1) is 0 Å². The van der Waals surface area contributed by atoms with Crippen molar-refractivity contribution in [2.24, 2.45) is 11.3 Å². The van der Waals surface area contributed by atoms with Gasteiger partial charge < -0.3 is 10.0 Å². The van der Waals surface area contributed by atoms with Gasteiger partial charge in [0.15, 0.2) is 0 Å². The molecular formula is C16H24BrNO. The second-order valence-electron chi connectivity index (χ2n) is 6.34. The number of anilines is 1. The van der Waals surface area contributed by atoms with E-state index in [1.54, 1.807) is 0 Å². The summed E-state index contributed by atoms with van der Waals surface area (Å²) in [5.41, 5.74) is 2.84. The fraction of sp³-hybridized carbons (Fsp3) is 0.625. The quantitative estimate of drug-likeness (QED) is 0.908. The van der Waals surface area contributed by atoms with E-state index in [2.05, 4.69) is 59.8 Å². The molecule has 0 saturated carbocycles. The Balaban J connectivity index is 2.13. The fourth-order valence-electron chi connectivity index (χ4n) is 3.09. The Labute approximate surface area is 124 Å². The lowest BCUT2D eigenvalue weighted by Gasteiger charge is -2.45. The van der Waals surface area contributed by atoms with E-state index in [1.165, 1.54) is 22.1 Å². The summed E-state index contributed by atoms with van der Waals surface area (Å²) >= 11 is 3.62. The third-order valence-electron chi connectivity index (χ3n) is 4.45. The van der Waals surface area contributed by atoms with Crippen LogP contribution >= 0.6 is 15.9 Å². The fourth-order valence-corrected chi connectivity index (χ4v) is 3.46. The molecule has 1 fully saturated rings. The minimum absolute atomic E-state index is 0.262. The number of piperidine rings is 1. The van der Waals surface area contributed by atoms with Gasteiger partial charge in [-0.05, 0) is 48.8 Å². The SMILES string of the molecule is Cc1ccc(N2CCC(CCO)C(C)(C)C2)cc1Br. The first-order valence-electron chi connectivity index (χ1n) is 7.06. The number of halogens is 1. The highest BCUT2D eigenvalue weighted by Crippen LogP contribution is 2.39. The molecule has 1 aliphatic rings. The zero-order valence-corrected chi connectivity index (χ0v) is 13.7. The molecule has 1 N–H and O–H groups in total. The Morgan fingerprint density at radius 3 is 2.74 bits per heavy atom. The average molecular weight is 326 g/mol. The molecule has 2 rings (SSSR count). The van der Waals surface area contributed by atoms with Gasteiger partial charge in [-0.25, -0.2) is 0 Å². The van der Waals surface area contributed by atoms with E-state index in [0.29, 0.717) is 12.5 Å². The lowest BCUT2D eigenvalue weighted by Crippen LogP contribution is -2.46. The Morgan fingerprint density at radius 1 is 1.42 bits per heavy atom. The second kappa shape index (κ2) is 5.84. The van der Waals surface area contributed by atoms with Crippen molar-refractivity contribution < 1.29 is 5.11 Å². The molecule has 0 bridgehead atoms. The van der Waals surface area contributed by atoms with Crippen LogP contribution in [-0.4, -0.2) is 24.8 Å². The molecule has 3 heteroatoms. The van der Waals surface area contributed by atoms with Gasteiger partial charge in [0.1, 0.15) is 0 Å². The first-order chi connectivity index (χ1) is 8.94. The molecule has 1 aliphatic heterocycles. The van der Waals surface area contributed by atoms with Crippen LogP contribution in [0.4, 0.5) is 5.69 Å². The van der Waals surface area contributed by atoms with Gasteiger partial charge >= 0.3 is 0 Å². The predicted molar refractivity (Wildman–Crippen MR) is 84.7 cm³/mol. The summed E-state index contributed by atoms with van der Waals surface area (Å²) in [7, 11) is 0. The van der Waals surface area contributed by atoms with Crippen molar-refractivity contribution in [2.75, 3.05) is 24.6 Å². The zero-order valence-electron chi connectivity index (χ0n) is 12.1. The summed E-state index contributed by atoms with van der Waals surface area (Å²) in [4.78, 5) is 2.47. The van der Waals surface area contributed by atoms with Gasteiger partial charge in [0, 0.05) is 29.9 Å². The number of hydrogen-bond acceptors (Lipinski definition) is 2. The van der Waals surface area contributed by atoms with Crippen molar-refractivity contribution >= 4 is 21.6 Å². The molecule has 0 aromatic heterocycles. The van der Waals surface area contributed by atoms with Gasteiger partial charge in [0.25, 0.3) is 0 Å². The summed E-state index contributed by atoms with van der Waals surface area (Å²) in [6.45, 7) is 9.22. The highest BCUT2D eigenvalue weighted by atomic mass is 79.9. The number of rotatable bonds is 3. The van der Waals surface area contributed by atoms with E-state index in [-0.39, 0.29) is 5.41 Å². The van der Waals surface area contributed by atoms with Crippen LogP contribution < -0.4 is 4.90 Å². The van der Waals surface area contributed by atoms with E-state index in [4.69, 9.17) is 0 Å². The molecule has 0 radical (unpaired) electrons. The van der Waals surface area contributed by atoms with Crippen LogP contribution in [0.2, 0.25) is 0 Å². The number of hydrogen-bond donors (Lipinski definition) is 1. The van der Waals surface area contributed by atoms with E-state index in [1.807, 2.05) is 0 Å². The van der Waals surface area contributed by atoms with E-state index in [9.17, 15) is 5.11 Å². The Morgan fingerprint density at radius 2 is 2.16 bits per heavy atom. The van der Waals surface area contributed by atoms with E-state index in [0.717, 1.165) is 19.5 Å². The van der Waals surface area contributed by atoms with Gasteiger partial charge in [-0.3, -0.25) is 0 Å². The van der Waals surface area contributed by atoms with Crippen LogP contribution in [-0.2, 0) is 0 Å². The minimum Gasteiger partial charge on any atom is -0.396 e. The topological polar surface area (TPSA) is 23.5 Å². The van der Waals surface area contributed by atoms with Gasteiger partial charge in [0.2, 0.25) is 0 Å². The molecule has 1 aromatic carbocycles. The predicted octanol–water partition coefficient (Wildman–Crippen LogP) is 3.99. The maximum atomic E-state index is 9.18. The lowest BCUT2D eigenvalue weighted by molar-refractivity contribution is 0.134. The van der Waals surface area contributed by atoms with Crippen LogP contribution in [0.1, 0.15) is 32.3 Å². The Hall–Kier alpha value is -0.540. The highest BCUT2D eigenvalue weighted by Gasteiger charge is 2.35. The molecule has 19 heavy (non-hydrogen) atoms. The zero-order chi connectivity index (χ0) is 14.0. The largest absolute Gasteiger partial charge is 0.396 e. The van der Waals surface area contributed by atoms with Crippen LogP contribution in [0.3, 0.4) is 0 Å². The summed E-state index contributed by atoms with van der Waals surface area (Å²) in [6, 6.07) is 6.60. The summed E-state index contributed by atoms with van der Waals surface area (Å²) in [6.07, 6.45) is 2.09. The van der Waals surface area contributed by atoms with Crippen molar-refractivity contribution in [3.05, 3.63) is 28.2 Å². The minimum atomic E-state index is 0.262. The van der Waals surface area contributed by atoms with Gasteiger partial charge in [-0.1, -0.05) is 35.8 Å². The molecule has 2 nitrogen and oxygen atoms in total. The second-order valence-corrected chi connectivity index (χ2v) is 7.20. The number of aliphatic hydroxyl groups excluding tert-OH is 1. The molecule has 0 amide bonds. The number of aliphatic hydroxyl groups is 1. The molecule has 1 saturated heterocycles. The summed E-state index contributed by atoms with van der Waals surface area (Å²) in [5.74, 6) is 0.627. The lowest BCUT2D eigenvalue weighted by atomic mass is 9.72. The van der Waals surface area contributed by atoms with Crippen LogP contribution in [0.15, 0.2) is 22.7 Å². The monoisotopic (exact) mass is 325 g/mol. The van der Waals surface area contributed by atoms with Crippen molar-refractivity contribution in [1.82, 2.24) is 0 Å². The van der Waals surface area contributed by atoms with Crippen LogP contribution in [0.25, 0.3) is 0 Å². The third kappa shape index (κ3) is 3.32. The van der Waals surface area contributed by atoms with Crippen molar-refractivity contribution in [2.45, 2.75) is 33.6 Å². The molecular weight excluding hydrogens is 302 g/mol. The Kier molecular flexibility index (Phi) is 4.57. The number of aryl methyl sites for hydroxylation is 1. The maximum Gasteiger partial charge on any atom is 0.0433 e. The Bertz CT molecular complexity index is 444. The van der Waals surface area contributed by atoms with Crippen LogP contribution in [0.5, 0.6) is 0 Å². The average Bonchev–Trinajstić information content (AvgIpc) is 2.35. The number of nitrogens with zero attached hydrogens (tertiary/aromatic N) is 1. The third-order valence-corrected chi connectivity index (χ3v) is 5.30. The molecule has 0 aliphatic carbocycles. The standard InChI is InChI=1S/C16H24BrNO/c1-12-4-5-14(10-15(12)17)18-8-6-13(7-9-19)16(2,3)11-18/h4-5,10,13,19H,6-9,11H2,1-3H3. The van der Waals surface area contributed by atoms with E-state index >= 15 is 0 Å². The molecule has 106 valence electrons. The first kappa shape index (κ1) is 14.9. The molecule has 1 aromatic rings. The first-order valence-corrected chi connectivity index (χ1v) is 7.85. The molecule has 1 atom stereocenters. The molecule has 1 unspecified atom stereocenters. The van der Waals surface area contributed by atoms with Crippen LogP contribution in [0, 0.1) is 18.3 Å². The molecule has 1 heterocycles. The van der Waals surface area contributed by atoms with Gasteiger partial charge in [-0.15, -0.1) is 0 Å². The van der Waals surface area contributed by atoms with Gasteiger partial charge in [-0.2, -0.15) is 0 Å². The number of benzene rings is 1. The normalized spacial score (nSPS) is 22.6. The van der Waals surface area contributed by atoms with Crippen molar-refractivity contribution in [1.29, 1.82) is 0 Å². The maximum absolute atomic E-state index is 9.18. The van der Waals surface area contributed by atoms with Crippen molar-refractivity contribution in [3.8, 4) is 0 Å². The molecule has 0 spiro atoms. The van der Waals surface area contributed by atoms with Crippen molar-refractivity contribution in [3.63, 3.8) is 0 Å². The van der Waals surface area contributed by atoms with E-state index < -0.39 is 0 Å². The summed E-state index contributed by atoms with van der Waals surface area (Å²) < 4.78 is 1.18. The highest BCUT2D eigenvalue weighted by molar-refractivity contribution is 9.10. The summed E-state index contributed by atoms with van der Waals surface area (Å²) in [5, 5.41) is 9.18. The smallest absolute Gasteiger partial charge is 0.0433 e.